The highest BCUT2D eigenvalue weighted by atomic mass is 16.3. The highest BCUT2D eigenvalue weighted by Gasteiger charge is 2.30. The van der Waals surface area contributed by atoms with Crippen molar-refractivity contribution in [3.8, 4) is 0 Å². The summed E-state index contributed by atoms with van der Waals surface area (Å²) in [5.74, 6) is 0.213. The zero-order valence-corrected chi connectivity index (χ0v) is 7.60. The predicted molar refractivity (Wildman–Crippen MR) is 45.7 cm³/mol. The van der Waals surface area contributed by atoms with Crippen molar-refractivity contribution < 1.29 is 9.90 Å². The van der Waals surface area contributed by atoms with Gasteiger partial charge in [0.25, 0.3) is 0 Å². The Morgan fingerprint density at radius 3 is 2.67 bits per heavy atom. The molecule has 1 N–H and O–H groups in total. The summed E-state index contributed by atoms with van der Waals surface area (Å²) in [6, 6.07) is 0. The second-order valence-corrected chi connectivity index (χ2v) is 3.65. The maximum absolute atomic E-state index is 10.4. The highest BCUT2D eigenvalue weighted by molar-refractivity contribution is 5.47. The van der Waals surface area contributed by atoms with E-state index < -0.39 is 0 Å². The molecule has 1 aliphatic rings. The fourth-order valence-electron chi connectivity index (χ4n) is 1.62. The van der Waals surface area contributed by atoms with Gasteiger partial charge in [-0.15, -0.1) is 0 Å². The molecular formula is C8H16N2O2. The van der Waals surface area contributed by atoms with Gasteiger partial charge in [-0.1, -0.05) is 0 Å². The van der Waals surface area contributed by atoms with Crippen LogP contribution in [0, 0.1) is 5.92 Å². The van der Waals surface area contributed by atoms with Crippen molar-refractivity contribution in [3.05, 3.63) is 0 Å². The van der Waals surface area contributed by atoms with Crippen LogP contribution in [-0.2, 0) is 4.79 Å². The maximum Gasteiger partial charge on any atom is 0.209 e. The molecule has 70 valence electrons. The zero-order valence-electron chi connectivity index (χ0n) is 7.60. The molecule has 12 heavy (non-hydrogen) atoms. The second-order valence-electron chi connectivity index (χ2n) is 3.65. The molecule has 0 saturated carbocycles. The van der Waals surface area contributed by atoms with Crippen molar-refractivity contribution in [2.24, 2.45) is 5.92 Å². The van der Waals surface area contributed by atoms with E-state index >= 15 is 0 Å². The number of aliphatic hydroxyl groups is 1. The van der Waals surface area contributed by atoms with Gasteiger partial charge in [-0.25, -0.2) is 0 Å². The minimum Gasteiger partial charge on any atom is -0.391 e. The lowest BCUT2D eigenvalue weighted by molar-refractivity contribution is -0.117. The molecule has 0 radical (unpaired) electrons. The molecule has 2 unspecified atom stereocenters. The summed E-state index contributed by atoms with van der Waals surface area (Å²) in [5.41, 5.74) is 0. The number of aliphatic hydroxyl groups excluding tert-OH is 1. The third-order valence-corrected chi connectivity index (χ3v) is 2.18. The van der Waals surface area contributed by atoms with Crippen LogP contribution in [0.15, 0.2) is 0 Å². The molecule has 1 rings (SSSR count). The van der Waals surface area contributed by atoms with Gasteiger partial charge < -0.3 is 14.9 Å². The summed E-state index contributed by atoms with van der Waals surface area (Å²) < 4.78 is 0. The van der Waals surface area contributed by atoms with Gasteiger partial charge in [-0.2, -0.15) is 0 Å². The Kier molecular flexibility index (Phi) is 3.05. The first-order chi connectivity index (χ1) is 5.63. The van der Waals surface area contributed by atoms with Gasteiger partial charge in [-0.3, -0.25) is 4.79 Å². The van der Waals surface area contributed by atoms with E-state index in [-0.39, 0.29) is 12.0 Å². The lowest BCUT2D eigenvalue weighted by Crippen LogP contribution is -2.29. The summed E-state index contributed by atoms with van der Waals surface area (Å²) >= 11 is 0. The van der Waals surface area contributed by atoms with Gasteiger partial charge in [0.2, 0.25) is 6.41 Å². The molecule has 1 aliphatic heterocycles. The van der Waals surface area contributed by atoms with E-state index in [1.165, 1.54) is 0 Å². The molecular weight excluding hydrogens is 156 g/mol. The average molecular weight is 172 g/mol. The molecule has 0 aromatic rings. The number of amides is 1. The topological polar surface area (TPSA) is 43.8 Å². The number of nitrogens with zero attached hydrogens (tertiary/aromatic N) is 2. The smallest absolute Gasteiger partial charge is 0.209 e. The Balaban J connectivity index is 2.40. The zero-order chi connectivity index (χ0) is 9.14. The fraction of sp³-hybridized carbons (Fsp3) is 0.875. The van der Waals surface area contributed by atoms with Gasteiger partial charge in [0, 0.05) is 25.6 Å². The first-order valence-corrected chi connectivity index (χ1v) is 4.15. The Morgan fingerprint density at radius 1 is 1.58 bits per heavy atom. The van der Waals surface area contributed by atoms with Crippen molar-refractivity contribution in [1.82, 2.24) is 9.80 Å². The number of carbonyl (C=O) groups excluding carboxylic acids is 1. The van der Waals surface area contributed by atoms with Crippen molar-refractivity contribution in [2.75, 3.05) is 33.7 Å². The third-order valence-electron chi connectivity index (χ3n) is 2.18. The Hall–Kier alpha value is -0.610. The van der Waals surface area contributed by atoms with Gasteiger partial charge >= 0.3 is 0 Å². The van der Waals surface area contributed by atoms with E-state index in [0.717, 1.165) is 13.0 Å². The van der Waals surface area contributed by atoms with Crippen LogP contribution >= 0.6 is 0 Å². The van der Waals surface area contributed by atoms with Crippen molar-refractivity contribution in [2.45, 2.75) is 6.10 Å². The first kappa shape index (κ1) is 9.48. The molecule has 0 spiro atoms. The van der Waals surface area contributed by atoms with Crippen LogP contribution < -0.4 is 0 Å². The predicted octanol–water partition coefficient (Wildman–Crippen LogP) is -1.00. The summed E-state index contributed by atoms with van der Waals surface area (Å²) in [5, 5.41) is 9.51. The Labute approximate surface area is 72.8 Å². The molecule has 1 heterocycles. The Morgan fingerprint density at radius 2 is 2.25 bits per heavy atom. The lowest BCUT2D eigenvalue weighted by Gasteiger charge is -2.17. The second kappa shape index (κ2) is 3.87. The largest absolute Gasteiger partial charge is 0.391 e. The molecule has 2 atom stereocenters. The van der Waals surface area contributed by atoms with Gasteiger partial charge in [0.15, 0.2) is 0 Å². The van der Waals surface area contributed by atoms with E-state index in [1.54, 1.807) is 4.90 Å². The number of hydrogen-bond acceptors (Lipinski definition) is 3. The number of likely N-dealkylation sites (tertiary alicyclic amines) is 1. The molecule has 0 aromatic carbocycles. The molecule has 0 aliphatic carbocycles. The van der Waals surface area contributed by atoms with Gasteiger partial charge in [-0.05, 0) is 14.1 Å². The minimum atomic E-state index is -0.349. The molecule has 1 amide bonds. The summed E-state index contributed by atoms with van der Waals surface area (Å²) in [6.45, 7) is 2.01. The molecule has 0 aromatic heterocycles. The number of carbonyl (C=O) groups is 1. The van der Waals surface area contributed by atoms with E-state index in [4.69, 9.17) is 0 Å². The van der Waals surface area contributed by atoms with Crippen LogP contribution in [-0.4, -0.2) is 61.2 Å². The van der Waals surface area contributed by atoms with Crippen LogP contribution in [0.1, 0.15) is 0 Å². The number of hydrogen-bond donors (Lipinski definition) is 1. The van der Waals surface area contributed by atoms with Crippen molar-refractivity contribution in [3.63, 3.8) is 0 Å². The molecule has 1 fully saturated rings. The van der Waals surface area contributed by atoms with Gasteiger partial charge in [0.05, 0.1) is 6.10 Å². The summed E-state index contributed by atoms with van der Waals surface area (Å²) in [4.78, 5) is 14.0. The summed E-state index contributed by atoms with van der Waals surface area (Å²) in [7, 11) is 3.94. The molecule has 4 heteroatoms. The van der Waals surface area contributed by atoms with E-state index in [1.807, 2.05) is 19.0 Å². The highest BCUT2D eigenvalue weighted by Crippen LogP contribution is 2.15. The van der Waals surface area contributed by atoms with Gasteiger partial charge in [0.1, 0.15) is 0 Å². The average Bonchev–Trinajstić information content (AvgIpc) is 2.31. The standard InChI is InChI=1S/C8H16N2O2/c1-9(2)3-7-4-10(6-11)5-8(7)12/h6-8,12H,3-5H2,1-2H3. The maximum atomic E-state index is 10.4. The lowest BCUT2D eigenvalue weighted by atomic mass is 10.1. The molecule has 1 saturated heterocycles. The molecule has 0 bridgehead atoms. The summed E-state index contributed by atoms with van der Waals surface area (Å²) in [6.07, 6.45) is 0.455. The number of rotatable bonds is 3. The first-order valence-electron chi connectivity index (χ1n) is 4.15. The van der Waals surface area contributed by atoms with Crippen LogP contribution in [0.4, 0.5) is 0 Å². The van der Waals surface area contributed by atoms with Crippen molar-refractivity contribution >= 4 is 6.41 Å². The monoisotopic (exact) mass is 172 g/mol. The van der Waals surface area contributed by atoms with Crippen molar-refractivity contribution in [1.29, 1.82) is 0 Å². The number of β-amino-alcohol motifs (C(OH)–C–C–N with tert-alkyl or cyclic N) is 1. The van der Waals surface area contributed by atoms with E-state index in [0.29, 0.717) is 13.1 Å². The Bertz CT molecular complexity index is 161. The van der Waals surface area contributed by atoms with Crippen LogP contribution in [0.25, 0.3) is 0 Å². The molecule has 4 nitrogen and oxygen atoms in total. The van der Waals surface area contributed by atoms with Crippen LogP contribution in [0.2, 0.25) is 0 Å². The normalized spacial score (nSPS) is 29.8. The van der Waals surface area contributed by atoms with E-state index in [2.05, 4.69) is 0 Å². The SMILES string of the molecule is CN(C)CC1CN(C=O)CC1O. The van der Waals surface area contributed by atoms with Crippen LogP contribution in [0.5, 0.6) is 0 Å². The van der Waals surface area contributed by atoms with Crippen LogP contribution in [0.3, 0.4) is 0 Å². The quantitative estimate of drug-likeness (QED) is 0.555. The third kappa shape index (κ3) is 2.19. The van der Waals surface area contributed by atoms with E-state index in [9.17, 15) is 9.90 Å². The minimum absolute atomic E-state index is 0.213. The fourth-order valence-corrected chi connectivity index (χ4v) is 1.62.